The van der Waals surface area contributed by atoms with Crippen molar-refractivity contribution in [3.8, 4) is 0 Å². The lowest BCUT2D eigenvalue weighted by Gasteiger charge is -2.25. The van der Waals surface area contributed by atoms with Crippen LogP contribution >= 0.6 is 11.3 Å². The third kappa shape index (κ3) is 3.81. The molecule has 0 aliphatic rings. The average Bonchev–Trinajstić information content (AvgIpc) is 3.01. The molecule has 0 fully saturated rings. The Morgan fingerprint density at radius 2 is 2.20 bits per heavy atom. The van der Waals surface area contributed by atoms with Crippen LogP contribution < -0.4 is 10.2 Å². The van der Waals surface area contributed by atoms with Crippen molar-refractivity contribution in [3.63, 3.8) is 0 Å². The highest BCUT2D eigenvalue weighted by atomic mass is 32.1. The second-order valence-corrected chi connectivity index (χ2v) is 5.98. The fourth-order valence-electron chi connectivity index (χ4n) is 2.06. The first-order valence-corrected chi connectivity index (χ1v) is 8.02. The normalized spacial score (nSPS) is 12.3. The summed E-state index contributed by atoms with van der Waals surface area (Å²) in [6.07, 6.45) is 3.13. The summed E-state index contributed by atoms with van der Waals surface area (Å²) in [6.45, 7) is 6.34. The van der Waals surface area contributed by atoms with E-state index < -0.39 is 0 Å². The van der Waals surface area contributed by atoms with Gasteiger partial charge in [-0.15, -0.1) is 11.3 Å². The second-order valence-electron chi connectivity index (χ2n) is 5.00. The fraction of sp³-hybridized carbons (Fsp3) is 0.438. The zero-order chi connectivity index (χ0) is 14.4. The van der Waals surface area contributed by atoms with Gasteiger partial charge in [0.25, 0.3) is 0 Å². The van der Waals surface area contributed by atoms with Crippen molar-refractivity contribution in [1.82, 2.24) is 10.3 Å². The number of hydrogen-bond donors (Lipinski definition) is 1. The van der Waals surface area contributed by atoms with Gasteiger partial charge >= 0.3 is 0 Å². The number of pyridine rings is 1. The molecular formula is C16H23N3S. The van der Waals surface area contributed by atoms with Gasteiger partial charge in [-0.1, -0.05) is 19.1 Å². The molecule has 0 aliphatic heterocycles. The molecule has 0 amide bonds. The molecule has 2 aromatic rings. The van der Waals surface area contributed by atoms with E-state index >= 15 is 0 Å². The molecule has 108 valence electrons. The highest BCUT2D eigenvalue weighted by Crippen LogP contribution is 2.26. The minimum Gasteiger partial charge on any atom is -0.352 e. The molecule has 3 nitrogen and oxygen atoms in total. The Balaban J connectivity index is 1.98. The molecule has 2 heterocycles. The summed E-state index contributed by atoms with van der Waals surface area (Å²) < 4.78 is 0. The Labute approximate surface area is 125 Å². The summed E-state index contributed by atoms with van der Waals surface area (Å²) in [7, 11) is 2.10. The van der Waals surface area contributed by atoms with Crippen LogP contribution in [0.25, 0.3) is 0 Å². The summed E-state index contributed by atoms with van der Waals surface area (Å²) in [6, 6.07) is 8.89. The van der Waals surface area contributed by atoms with Gasteiger partial charge < -0.3 is 10.2 Å². The van der Waals surface area contributed by atoms with Crippen molar-refractivity contribution < 1.29 is 0 Å². The maximum atomic E-state index is 4.58. The van der Waals surface area contributed by atoms with Crippen molar-refractivity contribution >= 4 is 17.2 Å². The Morgan fingerprint density at radius 3 is 2.80 bits per heavy atom. The van der Waals surface area contributed by atoms with E-state index in [1.165, 1.54) is 10.4 Å². The second kappa shape index (κ2) is 7.41. The maximum absolute atomic E-state index is 4.58. The molecule has 0 aromatic carbocycles. The molecule has 20 heavy (non-hydrogen) atoms. The summed E-state index contributed by atoms with van der Waals surface area (Å²) >= 11 is 1.79. The Hall–Kier alpha value is -1.39. The highest BCUT2D eigenvalue weighted by Gasteiger charge is 2.13. The van der Waals surface area contributed by atoms with E-state index in [1.807, 2.05) is 6.20 Å². The van der Waals surface area contributed by atoms with E-state index in [4.69, 9.17) is 0 Å². The molecule has 2 aromatic heterocycles. The predicted octanol–water partition coefficient (Wildman–Crippen LogP) is 3.84. The van der Waals surface area contributed by atoms with Crippen LogP contribution in [0.5, 0.6) is 0 Å². The number of hydrogen-bond acceptors (Lipinski definition) is 4. The maximum Gasteiger partial charge on any atom is 0.128 e. The predicted molar refractivity (Wildman–Crippen MR) is 87.4 cm³/mol. The average molecular weight is 289 g/mol. The number of thiophene rings is 1. The zero-order valence-electron chi connectivity index (χ0n) is 12.5. The molecule has 0 saturated carbocycles. The molecular weight excluding hydrogens is 266 g/mol. The van der Waals surface area contributed by atoms with Crippen LogP contribution in [0.1, 0.15) is 36.8 Å². The van der Waals surface area contributed by atoms with Crippen LogP contribution in [0, 0.1) is 0 Å². The number of nitrogens with one attached hydrogen (secondary N) is 1. The molecule has 1 unspecified atom stereocenters. The quantitative estimate of drug-likeness (QED) is 0.785. The van der Waals surface area contributed by atoms with Crippen LogP contribution in [-0.4, -0.2) is 18.6 Å². The minimum atomic E-state index is 0.353. The molecule has 2 rings (SSSR count). The monoisotopic (exact) mass is 289 g/mol. The van der Waals surface area contributed by atoms with Gasteiger partial charge in [-0.25, -0.2) is 4.98 Å². The Kier molecular flexibility index (Phi) is 5.56. The van der Waals surface area contributed by atoms with E-state index in [0.29, 0.717) is 6.04 Å². The van der Waals surface area contributed by atoms with Crippen LogP contribution in [0.2, 0.25) is 0 Å². The molecule has 0 bridgehead atoms. The third-order valence-electron chi connectivity index (χ3n) is 3.46. The molecule has 0 radical (unpaired) electrons. The van der Waals surface area contributed by atoms with E-state index in [1.54, 1.807) is 11.3 Å². The SMILES string of the molecule is CCCNCc1ccc(N(C)C(C)c2cccs2)nc1. The topological polar surface area (TPSA) is 28.2 Å². The van der Waals surface area contributed by atoms with Gasteiger partial charge in [0.2, 0.25) is 0 Å². The number of rotatable bonds is 7. The van der Waals surface area contributed by atoms with Crippen molar-refractivity contribution in [2.24, 2.45) is 0 Å². The summed E-state index contributed by atoms with van der Waals surface area (Å²) in [4.78, 5) is 8.16. The fourth-order valence-corrected chi connectivity index (χ4v) is 2.88. The van der Waals surface area contributed by atoms with Crippen molar-refractivity contribution in [2.75, 3.05) is 18.5 Å². The third-order valence-corrected chi connectivity index (χ3v) is 4.50. The number of nitrogens with zero attached hydrogens (tertiary/aromatic N) is 2. The van der Waals surface area contributed by atoms with Gasteiger partial charge in [0.15, 0.2) is 0 Å². The van der Waals surface area contributed by atoms with Crippen LogP contribution in [-0.2, 0) is 6.54 Å². The number of aromatic nitrogens is 1. The standard InChI is InChI=1S/C16H23N3S/c1-4-9-17-11-14-7-8-16(18-12-14)19(3)13(2)15-6-5-10-20-15/h5-8,10,12-13,17H,4,9,11H2,1-3H3. The first-order chi connectivity index (χ1) is 9.72. The zero-order valence-corrected chi connectivity index (χ0v) is 13.3. The molecule has 0 aliphatic carbocycles. The van der Waals surface area contributed by atoms with Crippen molar-refractivity contribution in [1.29, 1.82) is 0 Å². The first kappa shape index (κ1) is 15.0. The van der Waals surface area contributed by atoms with Crippen molar-refractivity contribution in [2.45, 2.75) is 32.9 Å². The lowest BCUT2D eigenvalue weighted by atomic mass is 10.2. The first-order valence-electron chi connectivity index (χ1n) is 7.14. The van der Waals surface area contributed by atoms with E-state index in [-0.39, 0.29) is 0 Å². The van der Waals surface area contributed by atoms with Gasteiger partial charge in [0.05, 0.1) is 6.04 Å². The van der Waals surface area contributed by atoms with Gasteiger partial charge in [-0.05, 0) is 43.0 Å². The number of anilines is 1. The minimum absolute atomic E-state index is 0.353. The Bertz CT molecular complexity index is 493. The molecule has 1 N–H and O–H groups in total. The van der Waals surface area contributed by atoms with Gasteiger partial charge in [0.1, 0.15) is 5.82 Å². The largest absolute Gasteiger partial charge is 0.352 e. The summed E-state index contributed by atoms with van der Waals surface area (Å²) in [5.74, 6) is 1.02. The summed E-state index contributed by atoms with van der Waals surface area (Å²) in [5.41, 5.74) is 1.24. The lowest BCUT2D eigenvalue weighted by molar-refractivity contribution is 0.673. The molecule has 4 heteroatoms. The van der Waals surface area contributed by atoms with Gasteiger partial charge in [-0.3, -0.25) is 0 Å². The van der Waals surface area contributed by atoms with Gasteiger partial charge in [-0.2, -0.15) is 0 Å². The molecule has 1 atom stereocenters. The molecule has 0 saturated heterocycles. The smallest absolute Gasteiger partial charge is 0.128 e. The highest BCUT2D eigenvalue weighted by molar-refractivity contribution is 7.10. The van der Waals surface area contributed by atoms with Gasteiger partial charge in [0, 0.05) is 24.7 Å². The van der Waals surface area contributed by atoms with Crippen LogP contribution in [0.15, 0.2) is 35.8 Å². The Morgan fingerprint density at radius 1 is 1.35 bits per heavy atom. The van der Waals surface area contributed by atoms with E-state index in [2.05, 4.69) is 65.7 Å². The van der Waals surface area contributed by atoms with Crippen molar-refractivity contribution in [3.05, 3.63) is 46.3 Å². The van der Waals surface area contributed by atoms with Crippen LogP contribution in [0.4, 0.5) is 5.82 Å². The summed E-state index contributed by atoms with van der Waals surface area (Å²) in [5, 5.41) is 5.51. The molecule has 0 spiro atoms. The van der Waals surface area contributed by atoms with E-state index in [0.717, 1.165) is 25.3 Å². The van der Waals surface area contributed by atoms with E-state index in [9.17, 15) is 0 Å². The lowest BCUT2D eigenvalue weighted by Crippen LogP contribution is -2.22. The van der Waals surface area contributed by atoms with Crippen LogP contribution in [0.3, 0.4) is 0 Å².